The van der Waals surface area contributed by atoms with Crippen molar-refractivity contribution in [3.8, 4) is 5.75 Å². The van der Waals surface area contributed by atoms with Crippen LogP contribution in [0.5, 0.6) is 5.75 Å². The van der Waals surface area contributed by atoms with E-state index in [9.17, 15) is 9.59 Å². The lowest BCUT2D eigenvalue weighted by atomic mass is 10.1. The van der Waals surface area contributed by atoms with Gasteiger partial charge in [-0.2, -0.15) is 0 Å². The highest BCUT2D eigenvalue weighted by atomic mass is 16.5. The van der Waals surface area contributed by atoms with Crippen molar-refractivity contribution in [2.75, 3.05) is 38.2 Å². The van der Waals surface area contributed by atoms with Crippen LogP contribution in [0.1, 0.15) is 15.9 Å². The second-order valence-corrected chi connectivity index (χ2v) is 6.04. The molecule has 1 aliphatic heterocycles. The minimum Gasteiger partial charge on any atom is -0.484 e. The minimum absolute atomic E-state index is 0.0365. The zero-order valence-corrected chi connectivity index (χ0v) is 14.8. The number of benzene rings is 2. The first-order chi connectivity index (χ1) is 13.2. The van der Waals surface area contributed by atoms with E-state index in [1.807, 2.05) is 0 Å². The van der Waals surface area contributed by atoms with Crippen LogP contribution in [0.3, 0.4) is 0 Å². The first-order valence-electron chi connectivity index (χ1n) is 8.66. The van der Waals surface area contributed by atoms with E-state index in [4.69, 9.17) is 14.9 Å². The SMILES string of the molecule is N=Cc1cccc(OCC(=O)Nc2ccc(C(=O)N3CCOCC3)cc2)c1. The maximum atomic E-state index is 12.4. The van der Waals surface area contributed by atoms with Crippen molar-refractivity contribution in [3.05, 3.63) is 59.7 Å². The molecule has 0 spiro atoms. The second kappa shape index (κ2) is 8.95. The number of anilines is 1. The molecule has 140 valence electrons. The molecule has 3 rings (SSSR count). The Balaban J connectivity index is 1.52. The summed E-state index contributed by atoms with van der Waals surface area (Å²) in [6, 6.07) is 13.7. The smallest absolute Gasteiger partial charge is 0.262 e. The minimum atomic E-state index is -0.303. The van der Waals surface area contributed by atoms with Crippen molar-refractivity contribution in [1.82, 2.24) is 4.90 Å². The fourth-order valence-corrected chi connectivity index (χ4v) is 2.69. The Morgan fingerprint density at radius 1 is 1.15 bits per heavy atom. The Bertz CT molecular complexity index is 814. The van der Waals surface area contributed by atoms with Crippen molar-refractivity contribution >= 4 is 23.7 Å². The summed E-state index contributed by atoms with van der Waals surface area (Å²) in [5.74, 6) is 0.186. The van der Waals surface area contributed by atoms with Crippen molar-refractivity contribution in [2.24, 2.45) is 0 Å². The van der Waals surface area contributed by atoms with Crippen molar-refractivity contribution in [3.63, 3.8) is 0 Å². The molecule has 0 aliphatic carbocycles. The largest absolute Gasteiger partial charge is 0.484 e. The first kappa shape index (κ1) is 18.6. The highest BCUT2D eigenvalue weighted by Crippen LogP contribution is 2.14. The normalized spacial score (nSPS) is 13.7. The second-order valence-electron chi connectivity index (χ2n) is 6.04. The number of ether oxygens (including phenoxy) is 2. The van der Waals surface area contributed by atoms with Gasteiger partial charge in [-0.1, -0.05) is 12.1 Å². The van der Waals surface area contributed by atoms with Crippen LogP contribution >= 0.6 is 0 Å². The van der Waals surface area contributed by atoms with Crippen LogP contribution in [-0.2, 0) is 9.53 Å². The third kappa shape index (κ3) is 5.15. The summed E-state index contributed by atoms with van der Waals surface area (Å²) in [5.41, 5.74) is 1.87. The molecular formula is C20H21N3O4. The molecule has 0 aromatic heterocycles. The van der Waals surface area contributed by atoms with Gasteiger partial charge in [-0.3, -0.25) is 9.59 Å². The average molecular weight is 367 g/mol. The molecule has 2 aromatic carbocycles. The molecule has 0 bridgehead atoms. The van der Waals surface area contributed by atoms with Gasteiger partial charge in [0.1, 0.15) is 5.75 Å². The summed E-state index contributed by atoms with van der Waals surface area (Å²) in [6.07, 6.45) is 1.21. The molecular weight excluding hydrogens is 346 g/mol. The van der Waals surface area contributed by atoms with E-state index < -0.39 is 0 Å². The highest BCUT2D eigenvalue weighted by molar-refractivity contribution is 5.96. The number of amides is 2. The van der Waals surface area contributed by atoms with Gasteiger partial charge >= 0.3 is 0 Å². The van der Waals surface area contributed by atoms with E-state index in [1.54, 1.807) is 53.4 Å². The monoisotopic (exact) mass is 367 g/mol. The Morgan fingerprint density at radius 3 is 2.59 bits per heavy atom. The zero-order valence-electron chi connectivity index (χ0n) is 14.8. The Morgan fingerprint density at radius 2 is 1.89 bits per heavy atom. The van der Waals surface area contributed by atoms with Gasteiger partial charge in [0.25, 0.3) is 11.8 Å². The number of rotatable bonds is 6. The molecule has 1 heterocycles. The first-order valence-corrected chi connectivity index (χ1v) is 8.66. The molecule has 2 N–H and O–H groups in total. The number of carbonyl (C=O) groups is 2. The number of nitrogens with one attached hydrogen (secondary N) is 2. The van der Waals surface area contributed by atoms with Crippen LogP contribution in [0.25, 0.3) is 0 Å². The molecule has 0 atom stereocenters. The van der Waals surface area contributed by atoms with E-state index in [2.05, 4.69) is 5.32 Å². The van der Waals surface area contributed by atoms with Gasteiger partial charge < -0.3 is 25.1 Å². The molecule has 1 aliphatic rings. The van der Waals surface area contributed by atoms with Gasteiger partial charge in [-0.05, 0) is 42.0 Å². The fraction of sp³-hybridized carbons (Fsp3) is 0.250. The molecule has 1 fully saturated rings. The zero-order chi connectivity index (χ0) is 19.1. The van der Waals surface area contributed by atoms with Crippen LogP contribution in [0.2, 0.25) is 0 Å². The molecule has 0 radical (unpaired) electrons. The topological polar surface area (TPSA) is 91.7 Å². The summed E-state index contributed by atoms with van der Waals surface area (Å²) in [6.45, 7) is 2.16. The summed E-state index contributed by atoms with van der Waals surface area (Å²) in [4.78, 5) is 26.2. The Kier molecular flexibility index (Phi) is 6.17. The van der Waals surface area contributed by atoms with Crippen molar-refractivity contribution in [1.29, 1.82) is 5.41 Å². The van der Waals surface area contributed by atoms with Crippen molar-refractivity contribution < 1.29 is 19.1 Å². The number of hydrogen-bond donors (Lipinski definition) is 2. The van der Waals surface area contributed by atoms with Crippen LogP contribution in [0.15, 0.2) is 48.5 Å². The predicted octanol–water partition coefficient (Wildman–Crippen LogP) is 2.17. The average Bonchev–Trinajstić information content (AvgIpc) is 2.73. The van der Waals surface area contributed by atoms with Crippen LogP contribution in [-0.4, -0.2) is 55.8 Å². The number of carbonyl (C=O) groups excluding carboxylic acids is 2. The van der Waals surface area contributed by atoms with Gasteiger partial charge in [-0.15, -0.1) is 0 Å². The maximum Gasteiger partial charge on any atom is 0.262 e. The van der Waals surface area contributed by atoms with Gasteiger partial charge in [0.2, 0.25) is 0 Å². The standard InChI is InChI=1S/C20H21N3O4/c21-13-15-2-1-3-18(12-15)27-14-19(24)22-17-6-4-16(5-7-17)20(25)23-8-10-26-11-9-23/h1-7,12-13,21H,8-11,14H2,(H,22,24). The molecule has 1 saturated heterocycles. The van der Waals surface area contributed by atoms with E-state index in [0.717, 1.165) is 0 Å². The lowest BCUT2D eigenvalue weighted by Gasteiger charge is -2.26. The molecule has 7 heteroatoms. The van der Waals surface area contributed by atoms with E-state index >= 15 is 0 Å². The third-order valence-corrected chi connectivity index (χ3v) is 4.11. The maximum absolute atomic E-state index is 12.4. The summed E-state index contributed by atoms with van der Waals surface area (Å²) >= 11 is 0. The van der Waals surface area contributed by atoms with Crippen LogP contribution in [0.4, 0.5) is 5.69 Å². The quantitative estimate of drug-likeness (QED) is 0.766. The number of nitrogens with zero attached hydrogens (tertiary/aromatic N) is 1. The molecule has 27 heavy (non-hydrogen) atoms. The summed E-state index contributed by atoms with van der Waals surface area (Å²) < 4.78 is 10.7. The molecule has 0 saturated carbocycles. The van der Waals surface area contributed by atoms with Crippen LogP contribution < -0.4 is 10.1 Å². The molecule has 2 aromatic rings. The lowest BCUT2D eigenvalue weighted by Crippen LogP contribution is -2.40. The van der Waals surface area contributed by atoms with Crippen molar-refractivity contribution in [2.45, 2.75) is 0 Å². The summed E-state index contributed by atoms with van der Waals surface area (Å²) in [7, 11) is 0. The van der Waals surface area contributed by atoms with Gasteiger partial charge in [0, 0.05) is 30.6 Å². The lowest BCUT2D eigenvalue weighted by molar-refractivity contribution is -0.118. The van der Waals surface area contributed by atoms with Gasteiger partial charge in [-0.25, -0.2) is 0 Å². The Hall–Kier alpha value is -3.19. The van der Waals surface area contributed by atoms with Gasteiger partial charge in [0.15, 0.2) is 6.61 Å². The fourth-order valence-electron chi connectivity index (χ4n) is 2.69. The third-order valence-electron chi connectivity index (χ3n) is 4.11. The number of hydrogen-bond acceptors (Lipinski definition) is 5. The molecule has 7 nitrogen and oxygen atoms in total. The van der Waals surface area contributed by atoms with E-state index in [0.29, 0.717) is 48.9 Å². The summed E-state index contributed by atoms with van der Waals surface area (Å²) in [5, 5.41) is 9.96. The Labute approximate surface area is 157 Å². The number of morpholine rings is 1. The highest BCUT2D eigenvalue weighted by Gasteiger charge is 2.18. The van der Waals surface area contributed by atoms with Crippen LogP contribution in [0, 0.1) is 5.41 Å². The van der Waals surface area contributed by atoms with E-state index in [-0.39, 0.29) is 18.4 Å². The van der Waals surface area contributed by atoms with Gasteiger partial charge in [0.05, 0.1) is 13.2 Å². The van der Waals surface area contributed by atoms with E-state index in [1.165, 1.54) is 6.21 Å². The molecule has 0 unspecified atom stereocenters. The molecule has 2 amide bonds. The predicted molar refractivity (Wildman–Crippen MR) is 102 cm³/mol.